The fraction of sp³-hybridized carbons (Fsp3) is 0.400. The number of ether oxygens (including phenoxy) is 2. The summed E-state index contributed by atoms with van der Waals surface area (Å²) in [4.78, 5) is 0. The zero-order valence-corrected chi connectivity index (χ0v) is 10.4. The quantitative estimate of drug-likeness (QED) is 0.810. The first kappa shape index (κ1) is 12.2. The van der Waals surface area contributed by atoms with Gasteiger partial charge in [-0.25, -0.2) is 4.31 Å². The first-order valence-electron chi connectivity index (χ1n) is 5.03. The SMILES string of the molecule is COC(CN1c2ccccc2NS1(=O)=O)OC. The fourth-order valence-electron chi connectivity index (χ4n) is 1.68. The lowest BCUT2D eigenvalue weighted by atomic mass is 10.3. The fourth-order valence-corrected chi connectivity index (χ4v) is 2.97. The summed E-state index contributed by atoms with van der Waals surface area (Å²) in [5, 5.41) is 0. The first-order chi connectivity index (χ1) is 8.08. The van der Waals surface area contributed by atoms with Gasteiger partial charge in [0.15, 0.2) is 6.29 Å². The van der Waals surface area contributed by atoms with E-state index in [1.165, 1.54) is 18.5 Å². The van der Waals surface area contributed by atoms with E-state index in [2.05, 4.69) is 4.72 Å². The summed E-state index contributed by atoms with van der Waals surface area (Å²) < 4.78 is 37.5. The lowest BCUT2D eigenvalue weighted by Crippen LogP contribution is -2.38. The number of benzene rings is 1. The monoisotopic (exact) mass is 258 g/mol. The summed E-state index contributed by atoms with van der Waals surface area (Å²) in [5.74, 6) is 0. The predicted octanol–water partition coefficient (Wildman–Crippen LogP) is 0.782. The molecular formula is C10H14N2O4S. The average molecular weight is 258 g/mol. The molecule has 1 aliphatic rings. The molecule has 0 amide bonds. The molecule has 0 saturated carbocycles. The Labute approximate surface area is 100 Å². The topological polar surface area (TPSA) is 67.9 Å². The maximum absolute atomic E-state index is 11.9. The van der Waals surface area contributed by atoms with Crippen LogP contribution in [0.5, 0.6) is 0 Å². The van der Waals surface area contributed by atoms with Crippen molar-refractivity contribution in [1.82, 2.24) is 0 Å². The van der Waals surface area contributed by atoms with E-state index in [4.69, 9.17) is 9.47 Å². The lowest BCUT2D eigenvalue weighted by Gasteiger charge is -2.21. The van der Waals surface area contributed by atoms with Gasteiger partial charge in [0.2, 0.25) is 0 Å². The van der Waals surface area contributed by atoms with E-state index >= 15 is 0 Å². The summed E-state index contributed by atoms with van der Waals surface area (Å²) >= 11 is 0. The van der Waals surface area contributed by atoms with Crippen LogP contribution in [0.1, 0.15) is 0 Å². The normalized spacial score (nSPS) is 17.0. The van der Waals surface area contributed by atoms with Gasteiger partial charge in [0.05, 0.1) is 17.9 Å². The van der Waals surface area contributed by atoms with Crippen LogP contribution in [-0.4, -0.2) is 35.5 Å². The Morgan fingerprint density at radius 3 is 2.59 bits per heavy atom. The Hall–Kier alpha value is -1.31. The predicted molar refractivity (Wildman–Crippen MR) is 64.1 cm³/mol. The van der Waals surface area contributed by atoms with Gasteiger partial charge in [-0.3, -0.25) is 4.72 Å². The van der Waals surface area contributed by atoms with Crippen LogP contribution in [0.25, 0.3) is 0 Å². The van der Waals surface area contributed by atoms with E-state index in [9.17, 15) is 8.42 Å². The van der Waals surface area contributed by atoms with Crippen LogP contribution in [0.4, 0.5) is 11.4 Å². The third-order valence-electron chi connectivity index (χ3n) is 2.54. The van der Waals surface area contributed by atoms with Crippen molar-refractivity contribution in [2.24, 2.45) is 0 Å². The number of nitrogens with one attached hydrogen (secondary N) is 1. The van der Waals surface area contributed by atoms with E-state index in [-0.39, 0.29) is 6.54 Å². The van der Waals surface area contributed by atoms with E-state index < -0.39 is 16.5 Å². The van der Waals surface area contributed by atoms with E-state index in [0.717, 1.165) is 0 Å². The number of methoxy groups -OCH3 is 2. The third-order valence-corrected chi connectivity index (χ3v) is 3.95. The Balaban J connectivity index is 2.32. The minimum Gasteiger partial charge on any atom is -0.354 e. The molecule has 1 aromatic carbocycles. The second-order valence-corrected chi connectivity index (χ2v) is 5.15. The molecule has 1 N–H and O–H groups in total. The minimum absolute atomic E-state index is 0.110. The molecule has 0 atom stereocenters. The highest BCUT2D eigenvalue weighted by atomic mass is 32.2. The van der Waals surface area contributed by atoms with Gasteiger partial charge in [0.1, 0.15) is 0 Å². The molecule has 6 nitrogen and oxygen atoms in total. The van der Waals surface area contributed by atoms with Gasteiger partial charge >= 0.3 is 10.2 Å². The van der Waals surface area contributed by atoms with Crippen LogP contribution < -0.4 is 9.03 Å². The number of rotatable bonds is 4. The summed E-state index contributed by atoms with van der Waals surface area (Å²) in [6.45, 7) is 0.110. The summed E-state index contributed by atoms with van der Waals surface area (Å²) in [6.07, 6.45) is -0.599. The van der Waals surface area contributed by atoms with Crippen molar-refractivity contribution < 1.29 is 17.9 Å². The van der Waals surface area contributed by atoms with Gasteiger partial charge in [-0.15, -0.1) is 0 Å². The number of anilines is 2. The van der Waals surface area contributed by atoms with E-state index in [0.29, 0.717) is 11.4 Å². The second kappa shape index (κ2) is 4.52. The van der Waals surface area contributed by atoms with Crippen LogP contribution in [0.2, 0.25) is 0 Å². The third kappa shape index (κ3) is 2.21. The minimum atomic E-state index is -3.54. The molecule has 7 heteroatoms. The van der Waals surface area contributed by atoms with Gasteiger partial charge in [0.25, 0.3) is 0 Å². The van der Waals surface area contributed by atoms with E-state index in [1.807, 2.05) is 0 Å². The van der Waals surface area contributed by atoms with Crippen molar-refractivity contribution >= 4 is 21.6 Å². The van der Waals surface area contributed by atoms with Crippen LogP contribution in [-0.2, 0) is 19.7 Å². The zero-order valence-electron chi connectivity index (χ0n) is 9.58. The molecule has 1 aromatic rings. The molecule has 0 aromatic heterocycles. The van der Waals surface area contributed by atoms with Crippen LogP contribution in [0, 0.1) is 0 Å². The number of fused-ring (bicyclic) bond motifs is 1. The van der Waals surface area contributed by atoms with Crippen molar-refractivity contribution in [3.63, 3.8) is 0 Å². The largest absolute Gasteiger partial charge is 0.354 e. The number of hydrogen-bond donors (Lipinski definition) is 1. The van der Waals surface area contributed by atoms with Gasteiger partial charge in [-0.05, 0) is 12.1 Å². The maximum atomic E-state index is 11.9. The zero-order chi connectivity index (χ0) is 12.5. The second-order valence-electron chi connectivity index (χ2n) is 3.56. The Morgan fingerprint density at radius 1 is 1.29 bits per heavy atom. The molecule has 2 rings (SSSR count). The molecule has 1 heterocycles. The van der Waals surface area contributed by atoms with Crippen molar-refractivity contribution in [2.45, 2.75) is 6.29 Å². The van der Waals surface area contributed by atoms with Crippen LogP contribution in [0.3, 0.4) is 0 Å². The van der Waals surface area contributed by atoms with Gasteiger partial charge in [-0.1, -0.05) is 12.1 Å². The van der Waals surface area contributed by atoms with E-state index in [1.54, 1.807) is 24.3 Å². The van der Waals surface area contributed by atoms with Crippen molar-refractivity contribution in [3.8, 4) is 0 Å². The van der Waals surface area contributed by atoms with Gasteiger partial charge in [0, 0.05) is 14.2 Å². The standard InChI is InChI=1S/C10H14N2O4S/c1-15-10(16-2)7-12-9-6-4-3-5-8(9)11-17(12,13)14/h3-6,10-11H,7H2,1-2H3. The van der Waals surface area contributed by atoms with Crippen LogP contribution >= 0.6 is 0 Å². The molecule has 0 saturated heterocycles. The molecule has 0 bridgehead atoms. The summed E-state index contributed by atoms with van der Waals surface area (Å²) in [6, 6.07) is 6.99. The average Bonchev–Trinajstić information content (AvgIpc) is 2.56. The molecule has 1 aliphatic heterocycles. The van der Waals surface area contributed by atoms with Crippen molar-refractivity contribution in [2.75, 3.05) is 29.8 Å². The first-order valence-corrected chi connectivity index (χ1v) is 6.47. The lowest BCUT2D eigenvalue weighted by molar-refractivity contribution is -0.0931. The van der Waals surface area contributed by atoms with Crippen LogP contribution in [0.15, 0.2) is 24.3 Å². The molecule has 0 fully saturated rings. The number of nitrogens with zero attached hydrogens (tertiary/aromatic N) is 1. The molecule has 0 radical (unpaired) electrons. The molecule has 0 spiro atoms. The highest BCUT2D eigenvalue weighted by molar-refractivity contribution is 7.94. The molecule has 0 aliphatic carbocycles. The Morgan fingerprint density at radius 2 is 1.94 bits per heavy atom. The Kier molecular flexibility index (Phi) is 3.23. The highest BCUT2D eigenvalue weighted by Gasteiger charge is 2.33. The maximum Gasteiger partial charge on any atom is 0.324 e. The molecule has 0 unspecified atom stereocenters. The van der Waals surface area contributed by atoms with Gasteiger partial charge < -0.3 is 9.47 Å². The number of para-hydroxylation sites is 2. The highest BCUT2D eigenvalue weighted by Crippen LogP contribution is 2.35. The summed E-state index contributed by atoms with van der Waals surface area (Å²) in [7, 11) is -0.601. The van der Waals surface area contributed by atoms with Gasteiger partial charge in [-0.2, -0.15) is 8.42 Å². The smallest absolute Gasteiger partial charge is 0.324 e. The molecule has 94 valence electrons. The van der Waals surface area contributed by atoms with Crippen molar-refractivity contribution in [1.29, 1.82) is 0 Å². The molecular weight excluding hydrogens is 244 g/mol. The summed E-state index contributed by atoms with van der Waals surface area (Å²) in [5.41, 5.74) is 1.17. The van der Waals surface area contributed by atoms with Crippen molar-refractivity contribution in [3.05, 3.63) is 24.3 Å². The molecule has 17 heavy (non-hydrogen) atoms. The Bertz CT molecular complexity index is 499. The number of hydrogen-bond acceptors (Lipinski definition) is 4.